The van der Waals surface area contributed by atoms with Crippen LogP contribution in [0.15, 0.2) is 35.7 Å². The maximum absolute atomic E-state index is 12.2. The number of para-hydroxylation sites is 1. The van der Waals surface area contributed by atoms with Gasteiger partial charge in [-0.25, -0.2) is 0 Å². The summed E-state index contributed by atoms with van der Waals surface area (Å²) in [4.78, 5) is 20.5. The van der Waals surface area contributed by atoms with Crippen molar-refractivity contribution < 1.29 is 10.0 Å². The second-order valence-corrected chi connectivity index (χ2v) is 4.37. The molecule has 1 aromatic heterocycles. The molecule has 0 aliphatic heterocycles. The molecule has 0 saturated carbocycles. The number of hydrogen-bond acceptors (Lipinski definition) is 5. The molecular weight excluding hydrogens is 258 g/mol. The molecule has 20 heavy (non-hydrogen) atoms. The normalized spacial score (nSPS) is 13.2. The molecule has 1 unspecified atom stereocenters. The monoisotopic (exact) mass is 273 g/mol. The van der Waals surface area contributed by atoms with Crippen molar-refractivity contribution in [1.82, 2.24) is 15.3 Å². The van der Waals surface area contributed by atoms with Gasteiger partial charge in [0, 0.05) is 24.9 Å². The number of benzene rings is 1. The van der Waals surface area contributed by atoms with Crippen LogP contribution in [0.1, 0.15) is 17.3 Å². The van der Waals surface area contributed by atoms with Crippen LogP contribution in [0, 0.1) is 5.92 Å². The maximum atomic E-state index is 12.2. The molecule has 0 aliphatic carbocycles. The quantitative estimate of drug-likeness (QED) is 0.329. The van der Waals surface area contributed by atoms with Gasteiger partial charge < -0.3 is 16.3 Å². The SMILES string of the molecule is CC(CNC(=O)c1cccc2nccnc12)/C(N)=N/O. The lowest BCUT2D eigenvalue weighted by molar-refractivity contribution is 0.0952. The van der Waals surface area contributed by atoms with E-state index < -0.39 is 0 Å². The van der Waals surface area contributed by atoms with Crippen LogP contribution in [0.3, 0.4) is 0 Å². The maximum Gasteiger partial charge on any atom is 0.253 e. The van der Waals surface area contributed by atoms with E-state index in [0.29, 0.717) is 16.6 Å². The summed E-state index contributed by atoms with van der Waals surface area (Å²) < 4.78 is 0. The summed E-state index contributed by atoms with van der Waals surface area (Å²) in [7, 11) is 0. The molecule has 2 aromatic rings. The predicted octanol–water partition coefficient (Wildman–Crippen LogP) is 0.742. The lowest BCUT2D eigenvalue weighted by atomic mass is 10.1. The first-order valence-corrected chi connectivity index (χ1v) is 6.09. The Morgan fingerprint density at radius 1 is 1.45 bits per heavy atom. The fraction of sp³-hybridized carbons (Fsp3) is 0.231. The summed E-state index contributed by atoms with van der Waals surface area (Å²) in [5, 5.41) is 14.2. The van der Waals surface area contributed by atoms with Gasteiger partial charge in [-0.2, -0.15) is 0 Å². The number of amides is 1. The molecule has 104 valence electrons. The first-order chi connectivity index (χ1) is 9.63. The fourth-order valence-corrected chi connectivity index (χ4v) is 1.72. The first kappa shape index (κ1) is 13.7. The van der Waals surface area contributed by atoms with Crippen molar-refractivity contribution in [2.75, 3.05) is 6.54 Å². The minimum Gasteiger partial charge on any atom is -0.409 e. The van der Waals surface area contributed by atoms with Crippen LogP contribution in [0.4, 0.5) is 0 Å². The van der Waals surface area contributed by atoms with Gasteiger partial charge in [0.15, 0.2) is 0 Å². The van der Waals surface area contributed by atoms with E-state index in [-0.39, 0.29) is 24.2 Å². The number of nitrogens with one attached hydrogen (secondary N) is 1. The molecule has 1 atom stereocenters. The molecule has 0 bridgehead atoms. The molecule has 0 radical (unpaired) electrons. The van der Waals surface area contributed by atoms with Gasteiger partial charge in [0.25, 0.3) is 5.91 Å². The first-order valence-electron chi connectivity index (χ1n) is 6.09. The van der Waals surface area contributed by atoms with Gasteiger partial charge in [-0.15, -0.1) is 0 Å². The molecule has 1 heterocycles. The van der Waals surface area contributed by atoms with Crippen molar-refractivity contribution >= 4 is 22.8 Å². The number of carbonyl (C=O) groups is 1. The summed E-state index contributed by atoms with van der Waals surface area (Å²) in [6.45, 7) is 2.02. The Hall–Kier alpha value is -2.70. The van der Waals surface area contributed by atoms with Crippen LogP contribution in [-0.2, 0) is 0 Å². The minimum absolute atomic E-state index is 0.0722. The molecule has 0 spiro atoms. The standard InChI is InChI=1S/C13H15N5O2/c1-8(12(14)18-20)7-17-13(19)9-3-2-4-10-11(9)16-6-5-15-10/h2-6,8,20H,7H2,1H3,(H2,14,18)(H,17,19). The number of aromatic nitrogens is 2. The number of nitrogens with zero attached hydrogens (tertiary/aromatic N) is 3. The molecule has 0 fully saturated rings. The van der Waals surface area contributed by atoms with Crippen LogP contribution in [0.25, 0.3) is 11.0 Å². The van der Waals surface area contributed by atoms with E-state index in [9.17, 15) is 4.79 Å². The number of amidine groups is 1. The Bertz CT molecular complexity index is 651. The van der Waals surface area contributed by atoms with Gasteiger partial charge in [0.2, 0.25) is 0 Å². The molecule has 0 aliphatic rings. The van der Waals surface area contributed by atoms with E-state index in [0.717, 1.165) is 0 Å². The van der Waals surface area contributed by atoms with Gasteiger partial charge in [-0.3, -0.25) is 14.8 Å². The Labute approximate surface area is 115 Å². The summed E-state index contributed by atoms with van der Waals surface area (Å²) in [6, 6.07) is 5.22. The molecule has 2 rings (SSSR count). The lowest BCUT2D eigenvalue weighted by Gasteiger charge is -2.11. The van der Waals surface area contributed by atoms with Crippen LogP contribution >= 0.6 is 0 Å². The number of oxime groups is 1. The highest BCUT2D eigenvalue weighted by molar-refractivity contribution is 6.04. The van der Waals surface area contributed by atoms with Crippen molar-refractivity contribution in [1.29, 1.82) is 0 Å². The van der Waals surface area contributed by atoms with E-state index in [1.54, 1.807) is 31.3 Å². The lowest BCUT2D eigenvalue weighted by Crippen LogP contribution is -2.34. The van der Waals surface area contributed by atoms with Crippen LogP contribution in [0.2, 0.25) is 0 Å². The molecule has 4 N–H and O–H groups in total. The molecule has 7 heteroatoms. The third-order valence-corrected chi connectivity index (χ3v) is 2.93. The third-order valence-electron chi connectivity index (χ3n) is 2.93. The molecule has 1 amide bonds. The van der Waals surface area contributed by atoms with E-state index >= 15 is 0 Å². The highest BCUT2D eigenvalue weighted by Crippen LogP contribution is 2.13. The van der Waals surface area contributed by atoms with E-state index in [2.05, 4.69) is 20.4 Å². The van der Waals surface area contributed by atoms with Crippen molar-refractivity contribution in [3.63, 3.8) is 0 Å². The Morgan fingerprint density at radius 3 is 2.95 bits per heavy atom. The number of rotatable bonds is 4. The highest BCUT2D eigenvalue weighted by atomic mass is 16.4. The topological polar surface area (TPSA) is 113 Å². The Balaban J connectivity index is 2.16. The fourth-order valence-electron chi connectivity index (χ4n) is 1.72. The molecule has 1 aromatic carbocycles. The van der Waals surface area contributed by atoms with Gasteiger partial charge in [-0.05, 0) is 12.1 Å². The molecule has 7 nitrogen and oxygen atoms in total. The number of carbonyl (C=O) groups excluding carboxylic acids is 1. The summed E-state index contributed by atoms with van der Waals surface area (Å²) in [5.74, 6) is -0.457. The van der Waals surface area contributed by atoms with Gasteiger partial charge in [0.05, 0.1) is 11.1 Å². The largest absolute Gasteiger partial charge is 0.409 e. The molecule has 0 saturated heterocycles. The van der Waals surface area contributed by atoms with Gasteiger partial charge in [0.1, 0.15) is 11.4 Å². The second kappa shape index (κ2) is 5.96. The minimum atomic E-state index is -0.270. The zero-order chi connectivity index (χ0) is 14.5. The van der Waals surface area contributed by atoms with E-state index in [1.165, 1.54) is 6.20 Å². The zero-order valence-electron chi connectivity index (χ0n) is 10.9. The smallest absolute Gasteiger partial charge is 0.253 e. The second-order valence-electron chi connectivity index (χ2n) is 4.37. The van der Waals surface area contributed by atoms with Crippen molar-refractivity contribution in [2.24, 2.45) is 16.8 Å². The summed E-state index contributed by atoms with van der Waals surface area (Å²) >= 11 is 0. The predicted molar refractivity (Wildman–Crippen MR) is 74.4 cm³/mol. The number of hydrogen-bond donors (Lipinski definition) is 3. The van der Waals surface area contributed by atoms with Crippen LogP contribution in [0.5, 0.6) is 0 Å². The highest BCUT2D eigenvalue weighted by Gasteiger charge is 2.14. The van der Waals surface area contributed by atoms with Crippen LogP contribution in [-0.4, -0.2) is 33.5 Å². The van der Waals surface area contributed by atoms with Gasteiger partial charge >= 0.3 is 0 Å². The average molecular weight is 273 g/mol. The van der Waals surface area contributed by atoms with Crippen molar-refractivity contribution in [2.45, 2.75) is 6.92 Å². The van der Waals surface area contributed by atoms with E-state index in [1.807, 2.05) is 0 Å². The molecular formula is C13H15N5O2. The summed E-state index contributed by atoms with van der Waals surface area (Å²) in [5.41, 5.74) is 7.11. The Kier molecular flexibility index (Phi) is 4.09. The van der Waals surface area contributed by atoms with Gasteiger partial charge in [-0.1, -0.05) is 18.1 Å². The van der Waals surface area contributed by atoms with Crippen molar-refractivity contribution in [3.8, 4) is 0 Å². The number of nitrogens with two attached hydrogens (primary N) is 1. The zero-order valence-corrected chi connectivity index (χ0v) is 10.9. The van der Waals surface area contributed by atoms with Crippen LogP contribution < -0.4 is 11.1 Å². The third kappa shape index (κ3) is 2.82. The summed E-state index contributed by atoms with van der Waals surface area (Å²) in [6.07, 6.45) is 3.11. The number of fused-ring (bicyclic) bond motifs is 1. The van der Waals surface area contributed by atoms with E-state index in [4.69, 9.17) is 10.9 Å². The van der Waals surface area contributed by atoms with Crippen molar-refractivity contribution in [3.05, 3.63) is 36.2 Å². The Morgan fingerprint density at radius 2 is 2.20 bits per heavy atom. The average Bonchev–Trinajstić information content (AvgIpc) is 2.50.